The molecular weight excluding hydrogens is 208 g/mol. The first-order valence-corrected chi connectivity index (χ1v) is 6.68. The molecular formula is C15H24N2. The average Bonchev–Trinajstić information content (AvgIpc) is 3.09. The number of nitrogens with two attached hydrogens (primary N) is 1. The molecule has 0 aliphatic heterocycles. The number of para-hydroxylation sites is 1. The van der Waals surface area contributed by atoms with E-state index in [0.717, 1.165) is 12.6 Å². The minimum atomic E-state index is 0.637. The standard InChI is InChI=1S/C15H24N2/c1-11(2)10-17(14-7-8-14)15-12(3)5-4-6-13(15)9-16/h4-6,11,14H,7-10,16H2,1-3H3. The molecule has 1 aliphatic carbocycles. The Hall–Kier alpha value is -1.02. The van der Waals surface area contributed by atoms with Crippen LogP contribution in [0.2, 0.25) is 0 Å². The Morgan fingerprint density at radius 2 is 2.06 bits per heavy atom. The first kappa shape index (κ1) is 12.4. The van der Waals surface area contributed by atoms with Crippen LogP contribution in [0.5, 0.6) is 0 Å². The van der Waals surface area contributed by atoms with E-state index in [1.807, 2.05) is 0 Å². The molecule has 1 aromatic rings. The van der Waals surface area contributed by atoms with Crippen LogP contribution in [-0.4, -0.2) is 12.6 Å². The molecule has 0 bridgehead atoms. The van der Waals surface area contributed by atoms with E-state index in [9.17, 15) is 0 Å². The van der Waals surface area contributed by atoms with Crippen molar-refractivity contribution in [2.45, 2.75) is 46.2 Å². The minimum absolute atomic E-state index is 0.637. The van der Waals surface area contributed by atoms with E-state index in [0.29, 0.717) is 12.5 Å². The molecule has 1 saturated carbocycles. The molecule has 0 saturated heterocycles. The van der Waals surface area contributed by atoms with Crippen LogP contribution >= 0.6 is 0 Å². The summed E-state index contributed by atoms with van der Waals surface area (Å²) >= 11 is 0. The highest BCUT2D eigenvalue weighted by Crippen LogP contribution is 2.36. The van der Waals surface area contributed by atoms with E-state index in [2.05, 4.69) is 43.9 Å². The Morgan fingerprint density at radius 3 is 2.59 bits per heavy atom. The van der Waals surface area contributed by atoms with Crippen LogP contribution in [0.1, 0.15) is 37.8 Å². The molecule has 0 radical (unpaired) electrons. The van der Waals surface area contributed by atoms with Crippen LogP contribution in [0.25, 0.3) is 0 Å². The molecule has 0 atom stereocenters. The second kappa shape index (κ2) is 5.09. The van der Waals surface area contributed by atoms with Gasteiger partial charge < -0.3 is 10.6 Å². The first-order valence-electron chi connectivity index (χ1n) is 6.68. The highest BCUT2D eigenvalue weighted by molar-refractivity contribution is 5.60. The third-order valence-corrected chi connectivity index (χ3v) is 3.38. The van der Waals surface area contributed by atoms with Gasteiger partial charge in [-0.3, -0.25) is 0 Å². The van der Waals surface area contributed by atoms with Crippen molar-refractivity contribution in [2.75, 3.05) is 11.4 Å². The summed E-state index contributed by atoms with van der Waals surface area (Å²) in [5.74, 6) is 0.695. The highest BCUT2D eigenvalue weighted by Gasteiger charge is 2.31. The molecule has 0 amide bonds. The Balaban J connectivity index is 2.34. The fourth-order valence-corrected chi connectivity index (χ4v) is 2.50. The average molecular weight is 232 g/mol. The van der Waals surface area contributed by atoms with Crippen LogP contribution in [0.15, 0.2) is 18.2 Å². The van der Waals surface area contributed by atoms with Gasteiger partial charge in [0.25, 0.3) is 0 Å². The van der Waals surface area contributed by atoms with Crippen molar-refractivity contribution in [3.63, 3.8) is 0 Å². The predicted octanol–water partition coefficient (Wildman–Crippen LogP) is 3.08. The minimum Gasteiger partial charge on any atom is -0.368 e. The number of rotatable bonds is 5. The molecule has 1 aliphatic rings. The van der Waals surface area contributed by atoms with Crippen LogP contribution < -0.4 is 10.6 Å². The summed E-state index contributed by atoms with van der Waals surface area (Å²) in [4.78, 5) is 2.59. The van der Waals surface area contributed by atoms with Crippen molar-refractivity contribution in [3.05, 3.63) is 29.3 Å². The van der Waals surface area contributed by atoms with Crippen molar-refractivity contribution < 1.29 is 0 Å². The largest absolute Gasteiger partial charge is 0.368 e. The second-order valence-electron chi connectivity index (χ2n) is 5.56. The lowest BCUT2D eigenvalue weighted by molar-refractivity contribution is 0.605. The number of hydrogen-bond acceptors (Lipinski definition) is 2. The zero-order chi connectivity index (χ0) is 12.4. The second-order valence-corrected chi connectivity index (χ2v) is 5.56. The van der Waals surface area contributed by atoms with E-state index in [-0.39, 0.29) is 0 Å². The van der Waals surface area contributed by atoms with Gasteiger partial charge in [0.2, 0.25) is 0 Å². The normalized spacial score (nSPS) is 15.4. The molecule has 0 unspecified atom stereocenters. The number of nitrogens with zero attached hydrogens (tertiary/aromatic N) is 1. The van der Waals surface area contributed by atoms with Gasteiger partial charge in [-0.25, -0.2) is 0 Å². The SMILES string of the molecule is Cc1cccc(CN)c1N(CC(C)C)C1CC1. The van der Waals surface area contributed by atoms with Gasteiger partial charge in [-0.1, -0.05) is 32.0 Å². The fraction of sp³-hybridized carbons (Fsp3) is 0.600. The number of benzene rings is 1. The summed E-state index contributed by atoms with van der Waals surface area (Å²) in [6.45, 7) is 8.55. The molecule has 2 N–H and O–H groups in total. The predicted molar refractivity (Wildman–Crippen MR) is 74.3 cm³/mol. The molecule has 2 heteroatoms. The van der Waals surface area contributed by atoms with Crippen LogP contribution in [0, 0.1) is 12.8 Å². The zero-order valence-electron chi connectivity index (χ0n) is 11.2. The van der Waals surface area contributed by atoms with Crippen LogP contribution in [0.4, 0.5) is 5.69 Å². The maximum Gasteiger partial charge on any atom is 0.0444 e. The maximum absolute atomic E-state index is 5.88. The van der Waals surface area contributed by atoms with Gasteiger partial charge in [-0.15, -0.1) is 0 Å². The molecule has 0 spiro atoms. The fourth-order valence-electron chi connectivity index (χ4n) is 2.50. The van der Waals surface area contributed by atoms with E-state index in [4.69, 9.17) is 5.73 Å². The van der Waals surface area contributed by atoms with E-state index in [1.165, 1.54) is 29.7 Å². The van der Waals surface area contributed by atoms with Crippen molar-refractivity contribution in [2.24, 2.45) is 11.7 Å². The summed E-state index contributed by atoms with van der Waals surface area (Å²) < 4.78 is 0. The Kier molecular flexibility index (Phi) is 3.72. The summed E-state index contributed by atoms with van der Waals surface area (Å²) in [6, 6.07) is 7.23. The van der Waals surface area contributed by atoms with Gasteiger partial charge in [-0.2, -0.15) is 0 Å². The Morgan fingerprint density at radius 1 is 1.35 bits per heavy atom. The number of anilines is 1. The third kappa shape index (κ3) is 2.81. The van der Waals surface area contributed by atoms with Crippen LogP contribution in [-0.2, 0) is 6.54 Å². The molecule has 17 heavy (non-hydrogen) atoms. The lowest BCUT2D eigenvalue weighted by Gasteiger charge is -2.30. The summed E-state index contributed by atoms with van der Waals surface area (Å²) in [5.41, 5.74) is 9.93. The van der Waals surface area contributed by atoms with Gasteiger partial charge in [0.05, 0.1) is 0 Å². The molecule has 0 heterocycles. The van der Waals surface area contributed by atoms with Gasteiger partial charge in [-0.05, 0) is 36.8 Å². The van der Waals surface area contributed by atoms with E-state index in [1.54, 1.807) is 0 Å². The molecule has 1 aromatic carbocycles. The number of aryl methyl sites for hydroxylation is 1. The van der Waals surface area contributed by atoms with Crippen molar-refractivity contribution in [3.8, 4) is 0 Å². The monoisotopic (exact) mass is 232 g/mol. The van der Waals surface area contributed by atoms with Crippen molar-refractivity contribution >= 4 is 5.69 Å². The van der Waals surface area contributed by atoms with Crippen LogP contribution in [0.3, 0.4) is 0 Å². The van der Waals surface area contributed by atoms with Gasteiger partial charge in [0.15, 0.2) is 0 Å². The molecule has 0 aromatic heterocycles. The summed E-state index contributed by atoms with van der Waals surface area (Å²) in [5, 5.41) is 0. The van der Waals surface area contributed by atoms with E-state index < -0.39 is 0 Å². The van der Waals surface area contributed by atoms with Crippen molar-refractivity contribution in [1.29, 1.82) is 0 Å². The summed E-state index contributed by atoms with van der Waals surface area (Å²) in [6.07, 6.45) is 2.68. The Labute approximate surface area is 105 Å². The zero-order valence-corrected chi connectivity index (χ0v) is 11.2. The Bertz CT molecular complexity index is 381. The molecule has 1 fully saturated rings. The molecule has 2 nitrogen and oxygen atoms in total. The van der Waals surface area contributed by atoms with Gasteiger partial charge in [0, 0.05) is 24.8 Å². The van der Waals surface area contributed by atoms with Gasteiger partial charge in [0.1, 0.15) is 0 Å². The smallest absolute Gasteiger partial charge is 0.0444 e. The topological polar surface area (TPSA) is 29.3 Å². The van der Waals surface area contributed by atoms with Crippen molar-refractivity contribution in [1.82, 2.24) is 0 Å². The van der Waals surface area contributed by atoms with Gasteiger partial charge >= 0.3 is 0 Å². The third-order valence-electron chi connectivity index (χ3n) is 3.38. The molecule has 2 rings (SSSR count). The lowest BCUT2D eigenvalue weighted by atomic mass is 10.0. The molecule has 94 valence electrons. The maximum atomic E-state index is 5.88. The summed E-state index contributed by atoms with van der Waals surface area (Å²) in [7, 11) is 0. The van der Waals surface area contributed by atoms with E-state index >= 15 is 0 Å². The quantitative estimate of drug-likeness (QED) is 0.845. The first-order chi connectivity index (χ1) is 8.13. The number of hydrogen-bond donors (Lipinski definition) is 1. The highest BCUT2D eigenvalue weighted by atomic mass is 15.2. The lowest BCUT2D eigenvalue weighted by Crippen LogP contribution is -2.31.